The maximum Gasteiger partial charge on any atom is 0.343 e. The van der Waals surface area contributed by atoms with Gasteiger partial charge in [-0.1, -0.05) is 224 Å². The number of hydrogen-bond donors (Lipinski definition) is 0. The summed E-state index contributed by atoms with van der Waals surface area (Å²) < 4.78 is 11.8. The van der Waals surface area contributed by atoms with Crippen molar-refractivity contribution in [3.8, 4) is 5.75 Å². The number of ether oxygens (including phenoxy) is 2. The highest BCUT2D eigenvalue weighted by Gasteiger charge is 2.11. The zero-order valence-corrected chi connectivity index (χ0v) is 35.3. The normalized spacial score (nSPS) is 12.0. The van der Waals surface area contributed by atoms with Gasteiger partial charge >= 0.3 is 5.97 Å². The maximum atomic E-state index is 12.8. The summed E-state index contributed by atoms with van der Waals surface area (Å²) >= 11 is 0. The standard InChI is InChI=1S/C50H84O3/c1-4-6-8-10-12-14-16-18-19-20-21-22-24-26-28-30-32-34-44-52-45(3)47-40-42-49(43-41-47)53-50(51)48-38-36-46(37-39-48)35-33-31-29-27-25-23-17-15-13-11-9-7-5-2/h36-43,45H,4-35,44H2,1-3H3. The Morgan fingerprint density at radius 3 is 1.21 bits per heavy atom. The Balaban J connectivity index is 1.43. The largest absolute Gasteiger partial charge is 0.423 e. The molecule has 0 N–H and O–H groups in total. The van der Waals surface area contributed by atoms with Crippen molar-refractivity contribution in [3.63, 3.8) is 0 Å². The Hall–Kier alpha value is -2.13. The molecule has 302 valence electrons. The quantitative estimate of drug-likeness (QED) is 0.0394. The summed E-state index contributed by atoms with van der Waals surface area (Å²) in [6.07, 6.45) is 44.0. The van der Waals surface area contributed by atoms with E-state index in [4.69, 9.17) is 9.47 Å². The van der Waals surface area contributed by atoms with Gasteiger partial charge in [-0.2, -0.15) is 0 Å². The third kappa shape index (κ3) is 26.3. The van der Waals surface area contributed by atoms with Gasteiger partial charge in [0.05, 0.1) is 11.7 Å². The van der Waals surface area contributed by atoms with Crippen molar-refractivity contribution in [3.05, 3.63) is 65.2 Å². The van der Waals surface area contributed by atoms with Gasteiger partial charge in [0.2, 0.25) is 0 Å². The average molecular weight is 733 g/mol. The molecule has 2 rings (SSSR count). The molecule has 3 nitrogen and oxygen atoms in total. The molecule has 0 aliphatic heterocycles. The molecule has 53 heavy (non-hydrogen) atoms. The minimum absolute atomic E-state index is 0.0352. The van der Waals surface area contributed by atoms with Gasteiger partial charge in [0, 0.05) is 6.61 Å². The monoisotopic (exact) mass is 733 g/mol. The fraction of sp³-hybridized carbons (Fsp3) is 0.740. The van der Waals surface area contributed by atoms with Gasteiger partial charge in [-0.3, -0.25) is 0 Å². The highest BCUT2D eigenvalue weighted by molar-refractivity contribution is 5.91. The van der Waals surface area contributed by atoms with Crippen LogP contribution in [0.25, 0.3) is 0 Å². The molecule has 0 saturated carbocycles. The molecule has 0 fully saturated rings. The van der Waals surface area contributed by atoms with Crippen molar-refractivity contribution in [2.45, 2.75) is 232 Å². The summed E-state index contributed by atoms with van der Waals surface area (Å²) in [4.78, 5) is 12.8. The molecule has 2 aromatic rings. The first kappa shape index (κ1) is 47.0. The predicted molar refractivity (Wildman–Crippen MR) is 230 cm³/mol. The third-order valence-corrected chi connectivity index (χ3v) is 11.2. The van der Waals surface area contributed by atoms with Gasteiger partial charge < -0.3 is 9.47 Å². The van der Waals surface area contributed by atoms with Crippen molar-refractivity contribution in [1.29, 1.82) is 0 Å². The van der Waals surface area contributed by atoms with E-state index >= 15 is 0 Å². The lowest BCUT2D eigenvalue weighted by Crippen LogP contribution is -2.08. The Labute approximate surface area is 329 Å². The van der Waals surface area contributed by atoms with Crippen LogP contribution >= 0.6 is 0 Å². The van der Waals surface area contributed by atoms with Crippen LogP contribution < -0.4 is 4.74 Å². The van der Waals surface area contributed by atoms with Crippen molar-refractivity contribution < 1.29 is 14.3 Å². The summed E-state index contributed by atoms with van der Waals surface area (Å²) in [7, 11) is 0. The van der Waals surface area contributed by atoms with Crippen LogP contribution in [-0.4, -0.2) is 12.6 Å². The summed E-state index contributed by atoms with van der Waals surface area (Å²) in [6, 6.07) is 15.8. The lowest BCUT2D eigenvalue weighted by molar-refractivity contribution is 0.0627. The van der Waals surface area contributed by atoms with Crippen molar-refractivity contribution in [2.24, 2.45) is 0 Å². The number of esters is 1. The van der Waals surface area contributed by atoms with Crippen LogP contribution in [0.15, 0.2) is 48.5 Å². The van der Waals surface area contributed by atoms with Crippen LogP contribution in [-0.2, 0) is 11.2 Å². The molecule has 3 heteroatoms. The van der Waals surface area contributed by atoms with Crippen LogP contribution in [0.5, 0.6) is 5.75 Å². The molecular formula is C50H84O3. The minimum atomic E-state index is -0.302. The molecule has 0 radical (unpaired) electrons. The fourth-order valence-corrected chi connectivity index (χ4v) is 7.49. The Morgan fingerprint density at radius 2 is 0.811 bits per heavy atom. The van der Waals surface area contributed by atoms with Gasteiger partial charge in [-0.15, -0.1) is 0 Å². The molecule has 1 unspecified atom stereocenters. The van der Waals surface area contributed by atoms with Gasteiger partial charge in [0.1, 0.15) is 5.75 Å². The fourth-order valence-electron chi connectivity index (χ4n) is 7.49. The zero-order valence-electron chi connectivity index (χ0n) is 35.3. The van der Waals surface area contributed by atoms with Crippen molar-refractivity contribution in [2.75, 3.05) is 6.61 Å². The number of aryl methyl sites for hydroxylation is 1. The topological polar surface area (TPSA) is 35.5 Å². The Kier molecular flexibility index (Phi) is 30.5. The molecule has 2 aromatic carbocycles. The van der Waals surface area contributed by atoms with E-state index < -0.39 is 0 Å². The Bertz CT molecular complexity index is 1070. The van der Waals surface area contributed by atoms with E-state index in [0.29, 0.717) is 11.3 Å². The first-order chi connectivity index (χ1) is 26.1. The molecule has 0 aliphatic rings. The van der Waals surface area contributed by atoms with Crippen LogP contribution in [0.2, 0.25) is 0 Å². The van der Waals surface area contributed by atoms with E-state index in [0.717, 1.165) is 25.0 Å². The Morgan fingerprint density at radius 1 is 0.453 bits per heavy atom. The molecule has 0 bridgehead atoms. The van der Waals surface area contributed by atoms with Crippen molar-refractivity contribution >= 4 is 5.97 Å². The lowest BCUT2D eigenvalue weighted by atomic mass is 10.0. The highest BCUT2D eigenvalue weighted by Crippen LogP contribution is 2.22. The number of unbranched alkanes of at least 4 members (excludes halogenated alkanes) is 29. The van der Waals surface area contributed by atoms with E-state index in [9.17, 15) is 4.79 Å². The van der Waals surface area contributed by atoms with Crippen LogP contribution in [0.3, 0.4) is 0 Å². The summed E-state index contributed by atoms with van der Waals surface area (Å²) in [5, 5.41) is 0. The van der Waals surface area contributed by atoms with Crippen LogP contribution in [0.4, 0.5) is 0 Å². The second kappa shape index (κ2) is 34.4. The summed E-state index contributed by atoms with van der Waals surface area (Å²) in [5.74, 6) is 0.272. The number of carbonyl (C=O) groups excluding carboxylic acids is 1. The lowest BCUT2D eigenvalue weighted by Gasteiger charge is -2.14. The van der Waals surface area contributed by atoms with Gasteiger partial charge in [-0.05, 0) is 61.6 Å². The van der Waals surface area contributed by atoms with E-state index in [1.54, 1.807) is 0 Å². The number of rotatable bonds is 37. The third-order valence-electron chi connectivity index (χ3n) is 11.2. The second-order valence-electron chi connectivity index (χ2n) is 16.2. The van der Waals surface area contributed by atoms with Gasteiger partial charge in [-0.25, -0.2) is 4.79 Å². The SMILES string of the molecule is CCCCCCCCCCCCCCCCCCCCOC(C)c1ccc(OC(=O)c2ccc(CCCCCCCCCCCCCCC)cc2)cc1. The molecule has 0 saturated heterocycles. The molecule has 0 amide bonds. The number of benzene rings is 2. The minimum Gasteiger partial charge on any atom is -0.423 e. The number of carbonyl (C=O) groups is 1. The average Bonchev–Trinajstić information content (AvgIpc) is 3.18. The molecule has 0 spiro atoms. The smallest absolute Gasteiger partial charge is 0.343 e. The summed E-state index contributed by atoms with van der Waals surface area (Å²) in [5.41, 5.74) is 3.02. The number of hydrogen-bond acceptors (Lipinski definition) is 3. The molecule has 1 atom stereocenters. The van der Waals surface area contributed by atoms with Crippen LogP contribution in [0.1, 0.15) is 247 Å². The van der Waals surface area contributed by atoms with E-state index in [2.05, 4.69) is 32.9 Å². The highest BCUT2D eigenvalue weighted by atomic mass is 16.5. The molecule has 0 aromatic heterocycles. The summed E-state index contributed by atoms with van der Waals surface area (Å²) in [6.45, 7) is 7.49. The van der Waals surface area contributed by atoms with E-state index in [1.807, 2.05) is 36.4 Å². The molecule has 0 heterocycles. The molecule has 0 aliphatic carbocycles. The zero-order chi connectivity index (χ0) is 37.9. The van der Waals surface area contributed by atoms with Gasteiger partial charge in [0.15, 0.2) is 0 Å². The molecular weight excluding hydrogens is 649 g/mol. The van der Waals surface area contributed by atoms with Crippen LogP contribution in [0, 0.1) is 0 Å². The van der Waals surface area contributed by atoms with E-state index in [1.165, 1.54) is 198 Å². The maximum absolute atomic E-state index is 12.8. The van der Waals surface area contributed by atoms with Gasteiger partial charge in [0.25, 0.3) is 0 Å². The first-order valence-corrected chi connectivity index (χ1v) is 23.2. The second-order valence-corrected chi connectivity index (χ2v) is 16.2. The first-order valence-electron chi connectivity index (χ1n) is 23.2. The van der Waals surface area contributed by atoms with Crippen molar-refractivity contribution in [1.82, 2.24) is 0 Å². The predicted octanol–water partition coefficient (Wildman–Crippen LogP) is 16.7. The van der Waals surface area contributed by atoms with E-state index in [-0.39, 0.29) is 12.1 Å².